The lowest BCUT2D eigenvalue weighted by Crippen LogP contribution is -2.42. The summed E-state index contributed by atoms with van der Waals surface area (Å²) in [6, 6.07) is 0.813. The Hall–Kier alpha value is -0.0800. The zero-order valence-electron chi connectivity index (χ0n) is 13.2. The van der Waals surface area contributed by atoms with Gasteiger partial charge in [-0.3, -0.25) is 0 Å². The second-order valence-electron chi connectivity index (χ2n) is 6.78. The fourth-order valence-electron chi connectivity index (χ4n) is 4.05. The molecule has 0 aromatic carbocycles. The minimum Gasteiger partial charge on any atom is -0.314 e. The average Bonchev–Trinajstić information content (AvgIpc) is 2.86. The first-order valence-corrected chi connectivity index (χ1v) is 8.79. The topological polar surface area (TPSA) is 15.3 Å². The van der Waals surface area contributed by atoms with Crippen molar-refractivity contribution in [2.75, 3.05) is 26.2 Å². The summed E-state index contributed by atoms with van der Waals surface area (Å²) in [6.07, 6.45) is 11.3. The smallest absolute Gasteiger partial charge is 0.0107 e. The molecule has 0 aromatic heterocycles. The maximum atomic E-state index is 3.77. The molecule has 1 saturated carbocycles. The molecule has 2 fully saturated rings. The third-order valence-electron chi connectivity index (χ3n) is 5.21. The predicted octanol–water partition coefficient (Wildman–Crippen LogP) is 3.67. The molecule has 1 saturated heterocycles. The fourth-order valence-corrected chi connectivity index (χ4v) is 4.05. The van der Waals surface area contributed by atoms with Gasteiger partial charge in [0.15, 0.2) is 0 Å². The van der Waals surface area contributed by atoms with Crippen LogP contribution in [0.5, 0.6) is 0 Å². The van der Waals surface area contributed by atoms with Crippen LogP contribution in [0, 0.1) is 11.8 Å². The van der Waals surface area contributed by atoms with Crippen molar-refractivity contribution in [1.82, 2.24) is 10.2 Å². The third-order valence-corrected chi connectivity index (χ3v) is 5.21. The molecule has 112 valence electrons. The van der Waals surface area contributed by atoms with Gasteiger partial charge in [0.2, 0.25) is 0 Å². The molecule has 19 heavy (non-hydrogen) atoms. The van der Waals surface area contributed by atoms with Crippen molar-refractivity contribution in [3.8, 4) is 0 Å². The summed E-state index contributed by atoms with van der Waals surface area (Å²) in [6.45, 7) is 9.90. The van der Waals surface area contributed by atoms with E-state index in [1.165, 1.54) is 77.5 Å². The number of piperidine rings is 1. The monoisotopic (exact) mass is 266 g/mol. The molecular formula is C17H34N2. The van der Waals surface area contributed by atoms with Gasteiger partial charge >= 0.3 is 0 Å². The maximum Gasteiger partial charge on any atom is 0.0107 e. The lowest BCUT2D eigenvalue weighted by atomic mass is 9.91. The van der Waals surface area contributed by atoms with E-state index in [1.54, 1.807) is 0 Å². The van der Waals surface area contributed by atoms with Crippen molar-refractivity contribution < 1.29 is 0 Å². The van der Waals surface area contributed by atoms with Gasteiger partial charge in [-0.25, -0.2) is 0 Å². The van der Waals surface area contributed by atoms with E-state index in [4.69, 9.17) is 0 Å². The molecule has 1 aliphatic heterocycles. The summed E-state index contributed by atoms with van der Waals surface area (Å²) in [5, 5.41) is 3.77. The summed E-state index contributed by atoms with van der Waals surface area (Å²) in [7, 11) is 0. The van der Waals surface area contributed by atoms with E-state index >= 15 is 0 Å². The van der Waals surface area contributed by atoms with Gasteiger partial charge in [0.25, 0.3) is 0 Å². The van der Waals surface area contributed by atoms with E-state index in [9.17, 15) is 0 Å². The van der Waals surface area contributed by atoms with Crippen LogP contribution in [-0.2, 0) is 0 Å². The molecule has 1 N–H and O–H groups in total. The molecule has 2 atom stereocenters. The normalized spacial score (nSPS) is 30.0. The molecular weight excluding hydrogens is 232 g/mol. The lowest BCUT2D eigenvalue weighted by molar-refractivity contribution is 0.148. The van der Waals surface area contributed by atoms with E-state index in [-0.39, 0.29) is 0 Å². The highest BCUT2D eigenvalue weighted by atomic mass is 15.1. The average molecular weight is 266 g/mol. The Balaban J connectivity index is 1.69. The molecule has 2 rings (SSSR count). The number of nitrogens with zero attached hydrogens (tertiary/aromatic N) is 1. The van der Waals surface area contributed by atoms with Crippen molar-refractivity contribution in [3.63, 3.8) is 0 Å². The van der Waals surface area contributed by atoms with Crippen LogP contribution >= 0.6 is 0 Å². The molecule has 0 spiro atoms. The Morgan fingerprint density at radius 1 is 1.00 bits per heavy atom. The summed E-state index contributed by atoms with van der Waals surface area (Å²) in [5.74, 6) is 1.95. The van der Waals surface area contributed by atoms with Crippen LogP contribution in [0.25, 0.3) is 0 Å². The lowest BCUT2D eigenvalue weighted by Gasteiger charge is -2.35. The Labute approximate surface area is 120 Å². The van der Waals surface area contributed by atoms with Crippen molar-refractivity contribution in [2.45, 2.75) is 71.3 Å². The summed E-state index contributed by atoms with van der Waals surface area (Å²) >= 11 is 0. The molecule has 2 nitrogen and oxygen atoms in total. The van der Waals surface area contributed by atoms with Gasteiger partial charge in [0.05, 0.1) is 0 Å². The summed E-state index contributed by atoms with van der Waals surface area (Å²) in [4.78, 5) is 2.75. The van der Waals surface area contributed by atoms with Gasteiger partial charge in [0, 0.05) is 12.6 Å². The zero-order valence-corrected chi connectivity index (χ0v) is 13.2. The Morgan fingerprint density at radius 2 is 1.79 bits per heavy atom. The van der Waals surface area contributed by atoms with E-state index in [2.05, 4.69) is 24.1 Å². The van der Waals surface area contributed by atoms with Crippen LogP contribution in [0.2, 0.25) is 0 Å². The van der Waals surface area contributed by atoms with Gasteiger partial charge in [-0.05, 0) is 63.6 Å². The van der Waals surface area contributed by atoms with Gasteiger partial charge in [-0.2, -0.15) is 0 Å². The SMILES string of the molecule is CCCNC1CCCC1CN1CCC(CCC)CC1. The first kappa shape index (κ1) is 15.3. The number of nitrogens with one attached hydrogen (secondary N) is 1. The maximum absolute atomic E-state index is 3.77. The van der Waals surface area contributed by atoms with Crippen LogP contribution in [-0.4, -0.2) is 37.1 Å². The standard InChI is InChI=1S/C17H34N2/c1-3-6-15-9-12-19(13-10-15)14-16-7-5-8-17(16)18-11-4-2/h15-18H,3-14H2,1-2H3. The highest BCUT2D eigenvalue weighted by Crippen LogP contribution is 2.29. The second kappa shape index (κ2) is 8.26. The molecule has 2 unspecified atom stereocenters. The molecule has 1 aliphatic carbocycles. The first-order valence-electron chi connectivity index (χ1n) is 8.79. The molecule has 0 amide bonds. The predicted molar refractivity (Wildman–Crippen MR) is 83.5 cm³/mol. The molecule has 0 bridgehead atoms. The quantitative estimate of drug-likeness (QED) is 0.756. The summed E-state index contributed by atoms with van der Waals surface area (Å²) < 4.78 is 0. The van der Waals surface area contributed by atoms with E-state index in [0.717, 1.165) is 17.9 Å². The molecule has 2 heteroatoms. The minimum absolute atomic E-state index is 0.813. The Kier molecular flexibility index (Phi) is 6.66. The van der Waals surface area contributed by atoms with E-state index in [1.807, 2.05) is 0 Å². The number of hydrogen-bond donors (Lipinski definition) is 1. The van der Waals surface area contributed by atoms with Crippen molar-refractivity contribution in [2.24, 2.45) is 11.8 Å². The van der Waals surface area contributed by atoms with Crippen molar-refractivity contribution in [3.05, 3.63) is 0 Å². The zero-order chi connectivity index (χ0) is 13.5. The molecule has 0 radical (unpaired) electrons. The first-order chi connectivity index (χ1) is 9.33. The van der Waals surface area contributed by atoms with Gasteiger partial charge < -0.3 is 10.2 Å². The largest absolute Gasteiger partial charge is 0.314 e. The number of likely N-dealkylation sites (tertiary alicyclic amines) is 1. The van der Waals surface area contributed by atoms with Crippen LogP contribution < -0.4 is 5.32 Å². The van der Waals surface area contributed by atoms with E-state index in [0.29, 0.717) is 0 Å². The Morgan fingerprint density at radius 3 is 2.47 bits per heavy atom. The van der Waals surface area contributed by atoms with Crippen LogP contribution in [0.1, 0.15) is 65.2 Å². The van der Waals surface area contributed by atoms with Gasteiger partial charge in [-0.1, -0.05) is 33.1 Å². The second-order valence-corrected chi connectivity index (χ2v) is 6.78. The van der Waals surface area contributed by atoms with Gasteiger partial charge in [-0.15, -0.1) is 0 Å². The molecule has 0 aromatic rings. The number of rotatable bonds is 7. The van der Waals surface area contributed by atoms with Crippen molar-refractivity contribution in [1.29, 1.82) is 0 Å². The van der Waals surface area contributed by atoms with Gasteiger partial charge in [0.1, 0.15) is 0 Å². The van der Waals surface area contributed by atoms with Crippen molar-refractivity contribution >= 4 is 0 Å². The minimum atomic E-state index is 0.813. The third kappa shape index (κ3) is 4.75. The van der Waals surface area contributed by atoms with E-state index < -0.39 is 0 Å². The number of hydrogen-bond acceptors (Lipinski definition) is 2. The summed E-state index contributed by atoms with van der Waals surface area (Å²) in [5.41, 5.74) is 0. The Bertz CT molecular complexity index is 233. The molecule has 1 heterocycles. The molecule has 2 aliphatic rings. The van der Waals surface area contributed by atoms with Crippen LogP contribution in [0.15, 0.2) is 0 Å². The fraction of sp³-hybridized carbons (Fsp3) is 1.00. The van der Waals surface area contributed by atoms with Crippen LogP contribution in [0.3, 0.4) is 0 Å². The highest BCUT2D eigenvalue weighted by molar-refractivity contribution is 4.86. The van der Waals surface area contributed by atoms with Crippen LogP contribution in [0.4, 0.5) is 0 Å². The highest BCUT2D eigenvalue weighted by Gasteiger charge is 2.29.